The van der Waals surface area contributed by atoms with E-state index in [1.165, 1.54) is 6.07 Å². The monoisotopic (exact) mass is 402 g/mol. The van der Waals surface area contributed by atoms with E-state index in [-0.39, 0.29) is 16.9 Å². The lowest BCUT2D eigenvalue weighted by atomic mass is 10.2. The zero-order valence-corrected chi connectivity index (χ0v) is 16.4. The van der Waals surface area contributed by atoms with E-state index in [1.807, 2.05) is 6.07 Å². The highest BCUT2D eigenvalue weighted by Crippen LogP contribution is 2.29. The molecule has 1 heterocycles. The van der Waals surface area contributed by atoms with Crippen LogP contribution in [0.5, 0.6) is 23.0 Å². The summed E-state index contributed by atoms with van der Waals surface area (Å²) in [5.41, 5.74) is 0.406. The number of esters is 1. The van der Waals surface area contributed by atoms with Crippen LogP contribution >= 0.6 is 0 Å². The van der Waals surface area contributed by atoms with E-state index in [0.717, 1.165) is 0 Å². The van der Waals surface area contributed by atoms with E-state index >= 15 is 0 Å². The molecule has 4 rings (SSSR count). The van der Waals surface area contributed by atoms with E-state index in [1.54, 1.807) is 74.7 Å². The number of rotatable bonds is 5. The Kier molecular flexibility index (Phi) is 5.22. The molecule has 0 aliphatic heterocycles. The van der Waals surface area contributed by atoms with Crippen molar-refractivity contribution in [3.63, 3.8) is 0 Å². The van der Waals surface area contributed by atoms with Crippen molar-refractivity contribution in [2.75, 3.05) is 7.11 Å². The third-order valence-corrected chi connectivity index (χ3v) is 4.47. The van der Waals surface area contributed by atoms with Gasteiger partial charge in [-0.1, -0.05) is 24.3 Å². The predicted molar refractivity (Wildman–Crippen MR) is 112 cm³/mol. The first-order valence-corrected chi connectivity index (χ1v) is 9.22. The number of hydrogen-bond donors (Lipinski definition) is 0. The molecular formula is C24H18O6. The smallest absolute Gasteiger partial charge is 0.343 e. The van der Waals surface area contributed by atoms with Crippen LogP contribution in [-0.2, 0) is 0 Å². The molecule has 3 aromatic carbocycles. The molecule has 0 spiro atoms. The lowest BCUT2D eigenvalue weighted by Crippen LogP contribution is -2.09. The number of hydrogen-bond acceptors (Lipinski definition) is 6. The summed E-state index contributed by atoms with van der Waals surface area (Å²) in [5.74, 6) is 1.25. The number of carbonyl (C=O) groups is 1. The molecule has 0 radical (unpaired) electrons. The zero-order chi connectivity index (χ0) is 21.1. The highest BCUT2D eigenvalue weighted by Gasteiger charge is 2.16. The first kappa shape index (κ1) is 19.3. The quantitative estimate of drug-likeness (QED) is 0.341. The molecule has 150 valence electrons. The molecule has 0 unspecified atom stereocenters. The topological polar surface area (TPSA) is 75.0 Å². The Morgan fingerprint density at radius 1 is 0.867 bits per heavy atom. The maximum Gasteiger partial charge on any atom is 0.343 e. The Morgan fingerprint density at radius 2 is 1.63 bits per heavy atom. The van der Waals surface area contributed by atoms with E-state index < -0.39 is 5.97 Å². The SMILES string of the molecule is COc1cccc(Oc2c(C)oc3cc(OC(=O)c4ccccc4)ccc3c2=O)c1. The highest BCUT2D eigenvalue weighted by atomic mass is 16.5. The molecule has 0 atom stereocenters. The fraction of sp³-hybridized carbons (Fsp3) is 0.0833. The van der Waals surface area contributed by atoms with Gasteiger partial charge in [0, 0.05) is 12.1 Å². The molecule has 6 nitrogen and oxygen atoms in total. The molecule has 0 bridgehead atoms. The van der Waals surface area contributed by atoms with E-state index in [9.17, 15) is 9.59 Å². The van der Waals surface area contributed by atoms with Gasteiger partial charge in [-0.2, -0.15) is 0 Å². The van der Waals surface area contributed by atoms with Crippen molar-refractivity contribution >= 4 is 16.9 Å². The van der Waals surface area contributed by atoms with Crippen molar-refractivity contribution < 1.29 is 23.4 Å². The van der Waals surface area contributed by atoms with Crippen LogP contribution < -0.4 is 19.6 Å². The third-order valence-electron chi connectivity index (χ3n) is 4.47. The average molecular weight is 402 g/mol. The molecule has 0 N–H and O–H groups in total. The number of aryl methyl sites for hydroxylation is 1. The van der Waals surface area contributed by atoms with Crippen LogP contribution in [0.15, 0.2) is 82.0 Å². The van der Waals surface area contributed by atoms with Crippen LogP contribution in [0.1, 0.15) is 16.1 Å². The van der Waals surface area contributed by atoms with Crippen LogP contribution in [0.25, 0.3) is 11.0 Å². The standard InChI is InChI=1S/C24H18O6/c1-15-23(29-18-10-6-9-17(13-18)27-2)22(25)20-12-11-19(14-21(20)28-15)30-24(26)16-7-4-3-5-8-16/h3-14H,1-2H3. The van der Waals surface area contributed by atoms with E-state index in [2.05, 4.69) is 0 Å². The van der Waals surface area contributed by atoms with Crippen LogP contribution in [0.3, 0.4) is 0 Å². The third kappa shape index (κ3) is 3.89. The van der Waals surface area contributed by atoms with Gasteiger partial charge in [0.2, 0.25) is 11.2 Å². The summed E-state index contributed by atoms with van der Waals surface area (Å²) in [6.07, 6.45) is 0. The lowest BCUT2D eigenvalue weighted by Gasteiger charge is -2.10. The van der Waals surface area contributed by atoms with Crippen molar-refractivity contribution in [3.05, 3.63) is 94.3 Å². The largest absolute Gasteiger partial charge is 0.497 e. The zero-order valence-electron chi connectivity index (χ0n) is 16.4. The minimum atomic E-state index is -0.494. The Hall–Kier alpha value is -4.06. The second kappa shape index (κ2) is 8.13. The summed E-state index contributed by atoms with van der Waals surface area (Å²) in [6, 6.07) is 20.2. The molecule has 0 amide bonds. The maximum atomic E-state index is 12.9. The molecule has 6 heteroatoms. The second-order valence-corrected chi connectivity index (χ2v) is 6.51. The summed E-state index contributed by atoms with van der Waals surface area (Å²) in [5, 5.41) is 0.318. The number of ether oxygens (including phenoxy) is 3. The van der Waals surface area contributed by atoms with Crippen LogP contribution in [0.2, 0.25) is 0 Å². The minimum absolute atomic E-state index is 0.0878. The fourth-order valence-corrected chi connectivity index (χ4v) is 2.97. The summed E-state index contributed by atoms with van der Waals surface area (Å²) in [4.78, 5) is 25.2. The fourth-order valence-electron chi connectivity index (χ4n) is 2.97. The number of fused-ring (bicyclic) bond motifs is 1. The first-order valence-electron chi connectivity index (χ1n) is 9.22. The average Bonchev–Trinajstić information content (AvgIpc) is 2.77. The lowest BCUT2D eigenvalue weighted by molar-refractivity contribution is 0.0735. The van der Waals surface area contributed by atoms with Gasteiger partial charge in [-0.15, -0.1) is 0 Å². The van der Waals surface area contributed by atoms with Crippen molar-refractivity contribution in [3.8, 4) is 23.0 Å². The molecular weight excluding hydrogens is 384 g/mol. The van der Waals surface area contributed by atoms with Crippen LogP contribution in [0.4, 0.5) is 0 Å². The Morgan fingerprint density at radius 3 is 2.40 bits per heavy atom. The van der Waals surface area contributed by atoms with Gasteiger partial charge in [0.1, 0.15) is 28.6 Å². The number of benzene rings is 3. The minimum Gasteiger partial charge on any atom is -0.497 e. The van der Waals surface area contributed by atoms with Crippen LogP contribution in [0, 0.1) is 6.92 Å². The number of carbonyl (C=O) groups excluding carboxylic acids is 1. The van der Waals surface area contributed by atoms with Gasteiger partial charge < -0.3 is 18.6 Å². The van der Waals surface area contributed by atoms with E-state index in [0.29, 0.717) is 33.8 Å². The van der Waals surface area contributed by atoms with Gasteiger partial charge >= 0.3 is 5.97 Å². The molecule has 4 aromatic rings. The summed E-state index contributed by atoms with van der Waals surface area (Å²) in [6.45, 7) is 1.64. The van der Waals surface area contributed by atoms with Gasteiger partial charge in [0.15, 0.2) is 0 Å². The molecule has 0 aliphatic rings. The summed E-state index contributed by atoms with van der Waals surface area (Å²) < 4.78 is 22.1. The van der Waals surface area contributed by atoms with Gasteiger partial charge in [0.25, 0.3) is 0 Å². The maximum absolute atomic E-state index is 12.9. The molecule has 30 heavy (non-hydrogen) atoms. The van der Waals surface area contributed by atoms with Crippen molar-refractivity contribution in [2.24, 2.45) is 0 Å². The van der Waals surface area contributed by atoms with Gasteiger partial charge in [-0.05, 0) is 43.3 Å². The second-order valence-electron chi connectivity index (χ2n) is 6.51. The van der Waals surface area contributed by atoms with Crippen LogP contribution in [-0.4, -0.2) is 13.1 Å². The van der Waals surface area contributed by atoms with Crippen molar-refractivity contribution in [1.82, 2.24) is 0 Å². The molecule has 1 aromatic heterocycles. The van der Waals surface area contributed by atoms with Gasteiger partial charge in [0.05, 0.1) is 18.1 Å². The predicted octanol–water partition coefficient (Wildman–Crippen LogP) is 5.12. The molecule has 0 saturated heterocycles. The van der Waals surface area contributed by atoms with E-state index in [4.69, 9.17) is 18.6 Å². The Balaban J connectivity index is 1.65. The van der Waals surface area contributed by atoms with Crippen molar-refractivity contribution in [2.45, 2.75) is 6.92 Å². The van der Waals surface area contributed by atoms with Gasteiger partial charge in [-0.25, -0.2) is 4.79 Å². The molecule has 0 saturated carbocycles. The highest BCUT2D eigenvalue weighted by molar-refractivity contribution is 5.91. The molecule has 0 fully saturated rings. The molecule has 0 aliphatic carbocycles. The first-order chi connectivity index (χ1) is 14.5. The van der Waals surface area contributed by atoms with Crippen molar-refractivity contribution in [1.29, 1.82) is 0 Å². The summed E-state index contributed by atoms with van der Waals surface area (Å²) in [7, 11) is 1.55. The van der Waals surface area contributed by atoms with Gasteiger partial charge in [-0.3, -0.25) is 4.79 Å². The number of methoxy groups -OCH3 is 1. The normalized spacial score (nSPS) is 10.6. The Bertz CT molecular complexity index is 1270. The summed E-state index contributed by atoms with van der Waals surface area (Å²) >= 11 is 0. The Labute approximate surface area is 172 Å².